The Morgan fingerprint density at radius 3 is 2.76 bits per heavy atom. The number of likely N-dealkylation sites (tertiary alicyclic amines) is 1. The minimum absolute atomic E-state index is 0.00841. The number of anilines is 1. The molecule has 0 radical (unpaired) electrons. The van der Waals surface area contributed by atoms with Crippen molar-refractivity contribution in [2.24, 2.45) is 0 Å². The summed E-state index contributed by atoms with van der Waals surface area (Å²) in [5.74, 6) is -0.298. The second-order valence-electron chi connectivity index (χ2n) is 8.61. The number of benzene rings is 2. The van der Waals surface area contributed by atoms with E-state index in [-0.39, 0.29) is 18.4 Å². The van der Waals surface area contributed by atoms with Gasteiger partial charge in [-0.3, -0.25) is 14.5 Å². The highest BCUT2D eigenvalue weighted by atomic mass is 35.5. The maximum atomic E-state index is 13.3. The highest BCUT2D eigenvalue weighted by Crippen LogP contribution is 2.41. The molecule has 174 valence electrons. The van der Waals surface area contributed by atoms with Crippen LogP contribution in [0, 0.1) is 0 Å². The number of hydrogen-bond acceptors (Lipinski definition) is 4. The van der Waals surface area contributed by atoms with Gasteiger partial charge >= 0.3 is 0 Å². The normalized spacial score (nSPS) is 20.1. The number of amides is 2. The Morgan fingerprint density at radius 1 is 1.18 bits per heavy atom. The highest BCUT2D eigenvalue weighted by molar-refractivity contribution is 8.04. The molecule has 5 nitrogen and oxygen atoms in total. The molecule has 1 unspecified atom stereocenters. The van der Waals surface area contributed by atoms with Crippen LogP contribution >= 0.6 is 23.4 Å². The molecule has 7 heteroatoms. The molecule has 33 heavy (non-hydrogen) atoms. The van der Waals surface area contributed by atoms with Crippen molar-refractivity contribution in [1.82, 2.24) is 10.2 Å². The molecule has 1 saturated heterocycles. The molecule has 2 aromatic carbocycles. The lowest BCUT2D eigenvalue weighted by molar-refractivity contribution is -0.122. The number of fused-ring (bicyclic) bond motifs is 1. The first-order valence-electron chi connectivity index (χ1n) is 11.6. The Hall–Kier alpha value is -2.28. The smallest absolute Gasteiger partial charge is 0.265 e. The van der Waals surface area contributed by atoms with Gasteiger partial charge in [0.15, 0.2) is 0 Å². The average Bonchev–Trinajstić information content (AvgIpc) is 2.82. The van der Waals surface area contributed by atoms with Gasteiger partial charge in [-0.25, -0.2) is 0 Å². The summed E-state index contributed by atoms with van der Waals surface area (Å²) >= 11 is 7.42. The number of nitrogens with zero attached hydrogens (tertiary/aromatic N) is 2. The number of hydrogen-bond donors (Lipinski definition) is 1. The van der Waals surface area contributed by atoms with E-state index in [2.05, 4.69) is 17.1 Å². The van der Waals surface area contributed by atoms with E-state index in [1.807, 2.05) is 42.5 Å². The summed E-state index contributed by atoms with van der Waals surface area (Å²) in [6.07, 6.45) is 6.60. The van der Waals surface area contributed by atoms with E-state index in [4.69, 9.17) is 11.6 Å². The van der Waals surface area contributed by atoms with Crippen LogP contribution in [-0.4, -0.2) is 48.9 Å². The van der Waals surface area contributed by atoms with Crippen molar-refractivity contribution in [3.63, 3.8) is 0 Å². The minimum atomic E-state index is -0.161. The zero-order valence-corrected chi connectivity index (χ0v) is 20.5. The van der Waals surface area contributed by atoms with Gasteiger partial charge in [0, 0.05) is 29.0 Å². The van der Waals surface area contributed by atoms with E-state index in [1.165, 1.54) is 31.0 Å². The van der Waals surface area contributed by atoms with E-state index in [1.54, 1.807) is 17.0 Å². The highest BCUT2D eigenvalue weighted by Gasteiger charge is 2.30. The van der Waals surface area contributed by atoms with Crippen LogP contribution in [0.1, 0.15) is 38.2 Å². The molecule has 2 aliphatic rings. The third-order valence-corrected chi connectivity index (χ3v) is 7.52. The summed E-state index contributed by atoms with van der Waals surface area (Å²) in [5, 5.41) is 3.66. The van der Waals surface area contributed by atoms with Crippen LogP contribution in [0.2, 0.25) is 5.02 Å². The summed E-state index contributed by atoms with van der Waals surface area (Å²) in [5.41, 5.74) is 1.67. The molecule has 4 rings (SSSR count). The van der Waals surface area contributed by atoms with Gasteiger partial charge < -0.3 is 10.2 Å². The van der Waals surface area contributed by atoms with E-state index in [0.29, 0.717) is 22.5 Å². The lowest BCUT2D eigenvalue weighted by Gasteiger charge is -2.33. The third-order valence-electron chi connectivity index (χ3n) is 6.19. The summed E-state index contributed by atoms with van der Waals surface area (Å²) in [7, 11) is 0. The zero-order chi connectivity index (χ0) is 23.2. The van der Waals surface area contributed by atoms with Gasteiger partial charge in [-0.05, 0) is 68.6 Å². The Balaban J connectivity index is 1.39. The Labute approximate surface area is 205 Å². The van der Waals surface area contributed by atoms with Crippen LogP contribution in [0.4, 0.5) is 5.69 Å². The molecule has 1 N–H and O–H groups in total. The first kappa shape index (κ1) is 23.9. The van der Waals surface area contributed by atoms with Gasteiger partial charge in [-0.15, -0.1) is 0 Å². The Bertz CT molecular complexity index is 1020. The van der Waals surface area contributed by atoms with E-state index >= 15 is 0 Å². The minimum Gasteiger partial charge on any atom is -0.355 e. The summed E-state index contributed by atoms with van der Waals surface area (Å²) < 4.78 is 0. The monoisotopic (exact) mass is 483 g/mol. The number of rotatable bonds is 7. The number of nitrogens with one attached hydrogen (secondary N) is 1. The molecule has 0 aliphatic carbocycles. The largest absolute Gasteiger partial charge is 0.355 e. The number of piperidine rings is 1. The topological polar surface area (TPSA) is 52.7 Å². The molecule has 1 fully saturated rings. The molecule has 2 amide bonds. The number of carbonyl (C=O) groups is 2. The molecular formula is C26H30ClN3O2S. The molecule has 0 aromatic heterocycles. The fourth-order valence-corrected chi connectivity index (χ4v) is 5.51. The number of halogens is 1. The Morgan fingerprint density at radius 2 is 1.97 bits per heavy atom. The first-order valence-corrected chi connectivity index (χ1v) is 12.8. The predicted molar refractivity (Wildman–Crippen MR) is 137 cm³/mol. The van der Waals surface area contributed by atoms with Crippen molar-refractivity contribution in [3.8, 4) is 0 Å². The number of para-hydroxylation sites is 1. The van der Waals surface area contributed by atoms with Crippen LogP contribution in [0.3, 0.4) is 0 Å². The van der Waals surface area contributed by atoms with Crippen molar-refractivity contribution < 1.29 is 9.59 Å². The molecule has 2 heterocycles. The summed E-state index contributed by atoms with van der Waals surface area (Å²) in [6, 6.07) is 15.7. The fraction of sp³-hybridized carbons (Fsp3) is 0.385. The van der Waals surface area contributed by atoms with Gasteiger partial charge in [0.1, 0.15) is 6.54 Å². The van der Waals surface area contributed by atoms with Crippen LogP contribution in [0.5, 0.6) is 0 Å². The van der Waals surface area contributed by atoms with Crippen LogP contribution in [0.25, 0.3) is 6.08 Å². The van der Waals surface area contributed by atoms with Crippen molar-refractivity contribution >= 4 is 46.9 Å². The second kappa shape index (κ2) is 11.2. The average molecular weight is 484 g/mol. The zero-order valence-electron chi connectivity index (χ0n) is 18.9. The maximum absolute atomic E-state index is 13.3. The molecule has 1 atom stereocenters. The first-order chi connectivity index (χ1) is 16.0. The van der Waals surface area contributed by atoms with Crippen molar-refractivity contribution in [1.29, 1.82) is 0 Å². The standard InChI is InChI=1S/C26H30ClN3O2S/c1-19-7-4-5-15-29(19)16-6-14-28-25(31)18-30-22-8-2-3-9-23(22)33-24(26(30)32)17-20-10-12-21(27)13-11-20/h2-3,8-13,17,19H,4-7,14-16,18H2,1H3,(H,28,31)/b24-17+. The second-order valence-corrected chi connectivity index (χ2v) is 10.1. The summed E-state index contributed by atoms with van der Waals surface area (Å²) in [6.45, 7) is 5.05. The SMILES string of the molecule is CC1CCCCN1CCCNC(=O)CN1C(=O)/C(=C\c2ccc(Cl)cc2)Sc2ccccc21. The van der Waals surface area contributed by atoms with Gasteiger partial charge in [-0.2, -0.15) is 0 Å². The predicted octanol–water partition coefficient (Wildman–Crippen LogP) is 5.20. The molecule has 0 bridgehead atoms. The van der Waals surface area contributed by atoms with Crippen molar-refractivity contribution in [3.05, 3.63) is 64.0 Å². The molecule has 0 saturated carbocycles. The molecule has 2 aliphatic heterocycles. The lowest BCUT2D eigenvalue weighted by atomic mass is 10.0. The van der Waals surface area contributed by atoms with Crippen LogP contribution < -0.4 is 10.2 Å². The number of carbonyl (C=O) groups excluding carboxylic acids is 2. The molecule has 0 spiro atoms. The van der Waals surface area contributed by atoms with Gasteiger partial charge in [-0.1, -0.05) is 54.0 Å². The fourth-order valence-electron chi connectivity index (χ4n) is 4.33. The molecule has 2 aromatic rings. The maximum Gasteiger partial charge on any atom is 0.265 e. The third kappa shape index (κ3) is 6.19. The Kier molecular flexibility index (Phi) is 8.12. The van der Waals surface area contributed by atoms with E-state index in [0.717, 1.165) is 35.7 Å². The van der Waals surface area contributed by atoms with Gasteiger partial charge in [0.2, 0.25) is 5.91 Å². The molecular weight excluding hydrogens is 454 g/mol. The van der Waals surface area contributed by atoms with Crippen LogP contribution in [-0.2, 0) is 9.59 Å². The summed E-state index contributed by atoms with van der Waals surface area (Å²) in [4.78, 5) is 31.6. The quantitative estimate of drug-likeness (QED) is 0.434. The van der Waals surface area contributed by atoms with Gasteiger partial charge in [0.25, 0.3) is 5.91 Å². The van der Waals surface area contributed by atoms with Gasteiger partial charge in [0.05, 0.1) is 10.6 Å². The lowest BCUT2D eigenvalue weighted by Crippen LogP contribution is -2.43. The van der Waals surface area contributed by atoms with E-state index < -0.39 is 0 Å². The number of thioether (sulfide) groups is 1. The van der Waals surface area contributed by atoms with Crippen molar-refractivity contribution in [2.75, 3.05) is 31.1 Å². The van der Waals surface area contributed by atoms with E-state index in [9.17, 15) is 9.59 Å². The van der Waals surface area contributed by atoms with Crippen molar-refractivity contribution in [2.45, 2.75) is 43.5 Å². The van der Waals surface area contributed by atoms with Crippen LogP contribution in [0.15, 0.2) is 58.3 Å².